The summed E-state index contributed by atoms with van der Waals surface area (Å²) >= 11 is 6.22. The lowest BCUT2D eigenvalue weighted by molar-refractivity contribution is 0.0777. The summed E-state index contributed by atoms with van der Waals surface area (Å²) in [5, 5.41) is 0.739. The quantitative estimate of drug-likeness (QED) is 0.486. The van der Waals surface area contributed by atoms with Crippen LogP contribution in [0.4, 0.5) is 0 Å². The molecule has 0 aromatic heterocycles. The van der Waals surface area contributed by atoms with Crippen LogP contribution >= 0.6 is 11.6 Å². The maximum absolute atomic E-state index is 13.2. The van der Waals surface area contributed by atoms with Gasteiger partial charge in [-0.15, -0.1) is 0 Å². The number of halogens is 1. The second kappa shape index (κ2) is 11.7. The van der Waals surface area contributed by atoms with Gasteiger partial charge in [-0.25, -0.2) is 12.7 Å². The standard InChI is InChI=1S/C30H40ClN3O3S/c1-38(36,37)34-19-13-25(14-20-34)24-11-17-32(18-12-24)21-15-30(27-7-9-28(31)10-8-27)16-22-33(23-30)29(35)26-5-3-2-4-6-26/h2-10,24-25H,11-23H2,1H3. The second-order valence-corrected chi connectivity index (χ2v) is 14.0. The third-order valence-electron chi connectivity index (χ3n) is 9.29. The third kappa shape index (κ3) is 6.27. The van der Waals surface area contributed by atoms with Crippen molar-refractivity contribution in [2.24, 2.45) is 11.8 Å². The van der Waals surface area contributed by atoms with E-state index in [-0.39, 0.29) is 11.3 Å². The van der Waals surface area contributed by atoms with E-state index in [0.29, 0.717) is 24.9 Å². The third-order valence-corrected chi connectivity index (χ3v) is 10.8. The highest BCUT2D eigenvalue weighted by Gasteiger charge is 2.42. The van der Waals surface area contributed by atoms with Gasteiger partial charge in [-0.05, 0) is 99.8 Å². The van der Waals surface area contributed by atoms with Gasteiger partial charge >= 0.3 is 0 Å². The van der Waals surface area contributed by atoms with Gasteiger partial charge in [0.15, 0.2) is 0 Å². The molecule has 2 aromatic rings. The summed E-state index contributed by atoms with van der Waals surface area (Å²) in [5.74, 6) is 1.45. The van der Waals surface area contributed by atoms with Crippen LogP contribution in [-0.4, -0.2) is 80.5 Å². The average Bonchev–Trinajstić information content (AvgIpc) is 3.38. The molecule has 38 heavy (non-hydrogen) atoms. The molecule has 6 nitrogen and oxygen atoms in total. The lowest BCUT2D eigenvalue weighted by Gasteiger charge is -2.40. The van der Waals surface area contributed by atoms with Crippen molar-refractivity contribution in [3.8, 4) is 0 Å². The van der Waals surface area contributed by atoms with E-state index in [1.807, 2.05) is 47.4 Å². The Balaban J connectivity index is 1.19. The fourth-order valence-electron chi connectivity index (χ4n) is 6.90. The van der Waals surface area contributed by atoms with Crippen LogP contribution in [0.25, 0.3) is 0 Å². The highest BCUT2D eigenvalue weighted by molar-refractivity contribution is 7.88. The van der Waals surface area contributed by atoms with Crippen molar-refractivity contribution < 1.29 is 13.2 Å². The van der Waals surface area contributed by atoms with Gasteiger partial charge in [-0.2, -0.15) is 0 Å². The van der Waals surface area contributed by atoms with Crippen molar-refractivity contribution in [1.29, 1.82) is 0 Å². The Morgan fingerprint density at radius 2 is 1.50 bits per heavy atom. The summed E-state index contributed by atoms with van der Waals surface area (Å²) in [6.07, 6.45) is 7.66. The molecule has 8 heteroatoms. The van der Waals surface area contributed by atoms with Crippen molar-refractivity contribution >= 4 is 27.5 Å². The summed E-state index contributed by atoms with van der Waals surface area (Å²) in [4.78, 5) is 17.9. The molecular weight excluding hydrogens is 518 g/mol. The Morgan fingerprint density at radius 3 is 2.11 bits per heavy atom. The average molecular weight is 558 g/mol. The lowest BCUT2D eigenvalue weighted by Crippen LogP contribution is -2.43. The molecule has 0 aliphatic carbocycles. The van der Waals surface area contributed by atoms with E-state index in [2.05, 4.69) is 17.0 Å². The van der Waals surface area contributed by atoms with Crippen molar-refractivity contribution in [2.45, 2.75) is 43.9 Å². The van der Waals surface area contributed by atoms with Crippen LogP contribution in [0.2, 0.25) is 5.02 Å². The Hall–Kier alpha value is -1.93. The molecule has 0 bridgehead atoms. The van der Waals surface area contributed by atoms with Crippen LogP contribution in [0, 0.1) is 11.8 Å². The molecule has 0 saturated carbocycles. The Labute approximate surface area is 233 Å². The van der Waals surface area contributed by atoms with Gasteiger partial charge in [0.05, 0.1) is 6.26 Å². The summed E-state index contributed by atoms with van der Waals surface area (Å²) < 4.78 is 25.4. The van der Waals surface area contributed by atoms with Crippen molar-refractivity contribution in [1.82, 2.24) is 14.1 Å². The molecule has 2 aromatic carbocycles. The number of benzene rings is 2. The molecule has 3 aliphatic rings. The summed E-state index contributed by atoms with van der Waals surface area (Å²) in [5.41, 5.74) is 1.96. The van der Waals surface area contributed by atoms with Crippen LogP contribution in [0.5, 0.6) is 0 Å². The zero-order chi connectivity index (χ0) is 26.8. The van der Waals surface area contributed by atoms with Gasteiger partial charge in [0, 0.05) is 42.2 Å². The van der Waals surface area contributed by atoms with Gasteiger partial charge in [0.2, 0.25) is 10.0 Å². The molecule has 3 saturated heterocycles. The number of nitrogens with zero attached hydrogens (tertiary/aromatic N) is 3. The minimum atomic E-state index is -3.07. The minimum Gasteiger partial charge on any atom is -0.338 e. The largest absolute Gasteiger partial charge is 0.338 e. The maximum atomic E-state index is 13.2. The van der Waals surface area contributed by atoms with Crippen LogP contribution in [0.1, 0.15) is 54.4 Å². The van der Waals surface area contributed by atoms with E-state index in [0.717, 1.165) is 69.0 Å². The highest BCUT2D eigenvalue weighted by Crippen LogP contribution is 2.40. The first kappa shape index (κ1) is 27.6. The van der Waals surface area contributed by atoms with E-state index < -0.39 is 10.0 Å². The van der Waals surface area contributed by atoms with E-state index in [1.165, 1.54) is 24.7 Å². The normalized spacial score (nSPS) is 24.6. The van der Waals surface area contributed by atoms with Crippen molar-refractivity contribution in [3.63, 3.8) is 0 Å². The van der Waals surface area contributed by atoms with Crippen molar-refractivity contribution in [2.75, 3.05) is 52.1 Å². The van der Waals surface area contributed by atoms with E-state index in [1.54, 1.807) is 4.31 Å². The lowest BCUT2D eigenvalue weighted by atomic mass is 9.76. The van der Waals surface area contributed by atoms with E-state index in [4.69, 9.17) is 11.6 Å². The molecule has 0 N–H and O–H groups in total. The number of hydrogen-bond donors (Lipinski definition) is 0. The zero-order valence-corrected chi connectivity index (χ0v) is 24.0. The van der Waals surface area contributed by atoms with Crippen molar-refractivity contribution in [3.05, 3.63) is 70.7 Å². The monoisotopic (exact) mass is 557 g/mol. The number of hydrogen-bond acceptors (Lipinski definition) is 4. The fraction of sp³-hybridized carbons (Fsp3) is 0.567. The fourth-order valence-corrected chi connectivity index (χ4v) is 7.90. The molecule has 0 radical (unpaired) electrons. The summed E-state index contributed by atoms with van der Waals surface area (Å²) in [7, 11) is -3.07. The van der Waals surface area contributed by atoms with Gasteiger partial charge in [-0.3, -0.25) is 4.79 Å². The Bertz CT molecular complexity index is 1190. The molecule has 206 valence electrons. The number of sulfonamides is 1. The molecule has 1 amide bonds. The minimum absolute atomic E-state index is 0.0651. The number of carbonyl (C=O) groups excluding carboxylic acids is 1. The van der Waals surface area contributed by atoms with Crippen LogP contribution in [-0.2, 0) is 15.4 Å². The Morgan fingerprint density at radius 1 is 0.895 bits per heavy atom. The number of carbonyl (C=O) groups is 1. The van der Waals surface area contributed by atoms with E-state index in [9.17, 15) is 13.2 Å². The molecule has 1 unspecified atom stereocenters. The van der Waals surface area contributed by atoms with Gasteiger partial charge in [0.1, 0.15) is 0 Å². The molecule has 1 atom stereocenters. The van der Waals surface area contributed by atoms with E-state index >= 15 is 0 Å². The molecule has 3 fully saturated rings. The second-order valence-electron chi connectivity index (χ2n) is 11.6. The maximum Gasteiger partial charge on any atom is 0.253 e. The first-order valence-electron chi connectivity index (χ1n) is 14.0. The number of likely N-dealkylation sites (tertiary alicyclic amines) is 2. The van der Waals surface area contributed by atoms with Crippen LogP contribution < -0.4 is 0 Å². The van der Waals surface area contributed by atoms with Gasteiger partial charge in [0.25, 0.3) is 5.91 Å². The molecule has 3 heterocycles. The first-order valence-corrected chi connectivity index (χ1v) is 16.2. The van der Waals surface area contributed by atoms with Crippen LogP contribution in [0.15, 0.2) is 54.6 Å². The van der Waals surface area contributed by atoms with Crippen LogP contribution in [0.3, 0.4) is 0 Å². The molecule has 3 aliphatic heterocycles. The van der Waals surface area contributed by atoms with Gasteiger partial charge < -0.3 is 9.80 Å². The van der Waals surface area contributed by atoms with Gasteiger partial charge in [-0.1, -0.05) is 41.9 Å². The predicted octanol–water partition coefficient (Wildman–Crippen LogP) is 4.90. The number of rotatable bonds is 7. The summed E-state index contributed by atoms with van der Waals surface area (Å²) in [6, 6.07) is 17.8. The SMILES string of the molecule is CS(=O)(=O)N1CCC(C2CCN(CCC3(c4ccc(Cl)cc4)CCN(C(=O)c4ccccc4)C3)CC2)CC1. The predicted molar refractivity (Wildman–Crippen MR) is 153 cm³/mol. The highest BCUT2D eigenvalue weighted by atomic mass is 35.5. The first-order chi connectivity index (χ1) is 18.2. The molecule has 0 spiro atoms. The summed E-state index contributed by atoms with van der Waals surface area (Å²) in [6.45, 7) is 6.06. The molecule has 5 rings (SSSR count). The Kier molecular flexibility index (Phi) is 8.48. The zero-order valence-electron chi connectivity index (χ0n) is 22.4. The number of amides is 1. The topological polar surface area (TPSA) is 60.9 Å². The number of piperidine rings is 2. The molecular formula is C30H40ClN3O3S. The smallest absolute Gasteiger partial charge is 0.253 e.